The first-order valence-electron chi connectivity index (χ1n) is 5.34. The first-order valence-corrected chi connectivity index (χ1v) is 5.72. The largest absolute Gasteiger partial charge is 0.332 e. The van der Waals surface area contributed by atoms with Gasteiger partial charge in [0, 0.05) is 31.4 Å². The average Bonchev–Trinajstić information content (AvgIpc) is 2.59. The monoisotopic (exact) mass is 271 g/mol. The lowest BCUT2D eigenvalue weighted by atomic mass is 10.1. The van der Waals surface area contributed by atoms with Gasteiger partial charge in [0.25, 0.3) is 0 Å². The normalized spacial score (nSPS) is 11.9. The van der Waals surface area contributed by atoms with Crippen LogP contribution in [-0.2, 0) is 13.0 Å². The van der Waals surface area contributed by atoms with Crippen LogP contribution in [0.15, 0.2) is 18.3 Å². The Kier molecular flexibility index (Phi) is 3.11. The summed E-state index contributed by atoms with van der Waals surface area (Å²) in [6.45, 7) is 2.59. The topological polar surface area (TPSA) is 30.7 Å². The summed E-state index contributed by atoms with van der Waals surface area (Å²) < 4.78 is 27.9. The minimum absolute atomic E-state index is 0.271. The molecule has 2 rings (SSSR count). The van der Waals surface area contributed by atoms with Crippen LogP contribution in [0.2, 0.25) is 5.15 Å². The van der Waals surface area contributed by atoms with Crippen LogP contribution in [0.1, 0.15) is 18.4 Å². The van der Waals surface area contributed by atoms with Crippen LogP contribution in [0.25, 0.3) is 11.3 Å². The molecular formula is C12H12ClF2N3. The zero-order chi connectivity index (χ0) is 13.5. The Labute approximate surface area is 108 Å². The molecular weight excluding hydrogens is 260 g/mol. The number of rotatable bonds is 2. The number of hydrogen-bond acceptors (Lipinski definition) is 2. The second kappa shape index (κ2) is 4.31. The molecule has 0 aromatic carbocycles. The van der Waals surface area contributed by atoms with Gasteiger partial charge in [-0.3, -0.25) is 0 Å². The first-order chi connectivity index (χ1) is 8.29. The van der Waals surface area contributed by atoms with Gasteiger partial charge in [-0.05, 0) is 19.1 Å². The van der Waals surface area contributed by atoms with Gasteiger partial charge in [0.15, 0.2) is 5.82 Å². The number of aryl methyl sites for hydroxylation is 2. The van der Waals surface area contributed by atoms with Crippen molar-refractivity contribution in [3.05, 3.63) is 35.0 Å². The zero-order valence-corrected chi connectivity index (χ0v) is 11.0. The highest BCUT2D eigenvalue weighted by Crippen LogP contribution is 2.29. The van der Waals surface area contributed by atoms with E-state index in [1.807, 2.05) is 0 Å². The molecule has 0 saturated carbocycles. The Hall–Kier alpha value is -1.49. The number of pyridine rings is 1. The molecule has 0 N–H and O–H groups in total. The minimum atomic E-state index is -2.97. The van der Waals surface area contributed by atoms with Gasteiger partial charge in [0.05, 0.1) is 5.69 Å². The molecule has 0 radical (unpaired) electrons. The maximum absolute atomic E-state index is 13.3. The molecule has 2 heterocycles. The summed E-state index contributed by atoms with van der Waals surface area (Å²) in [5, 5.41) is 0.369. The SMILES string of the molecule is Cc1nc(Cl)ccc1-c1cn(C)c(C(C)(F)F)n1. The van der Waals surface area contributed by atoms with Gasteiger partial charge in [-0.2, -0.15) is 8.78 Å². The van der Waals surface area contributed by atoms with Crippen molar-refractivity contribution in [3.8, 4) is 11.3 Å². The molecule has 0 atom stereocenters. The van der Waals surface area contributed by atoms with Crippen molar-refractivity contribution in [2.45, 2.75) is 19.8 Å². The predicted molar refractivity (Wildman–Crippen MR) is 65.8 cm³/mol. The van der Waals surface area contributed by atoms with Gasteiger partial charge in [0.1, 0.15) is 5.15 Å². The van der Waals surface area contributed by atoms with Crippen molar-refractivity contribution in [1.29, 1.82) is 0 Å². The van der Waals surface area contributed by atoms with E-state index >= 15 is 0 Å². The summed E-state index contributed by atoms with van der Waals surface area (Å²) >= 11 is 5.76. The van der Waals surface area contributed by atoms with E-state index in [2.05, 4.69) is 9.97 Å². The predicted octanol–water partition coefficient (Wildman–Crippen LogP) is 3.56. The van der Waals surface area contributed by atoms with Crippen molar-refractivity contribution < 1.29 is 8.78 Å². The molecule has 96 valence electrons. The molecule has 3 nitrogen and oxygen atoms in total. The third-order valence-electron chi connectivity index (χ3n) is 2.60. The van der Waals surface area contributed by atoms with Crippen molar-refractivity contribution >= 4 is 11.6 Å². The molecule has 6 heteroatoms. The number of aromatic nitrogens is 3. The summed E-state index contributed by atoms with van der Waals surface area (Å²) in [6.07, 6.45) is 1.56. The van der Waals surface area contributed by atoms with Crippen molar-refractivity contribution in [2.24, 2.45) is 7.05 Å². The maximum Gasteiger partial charge on any atom is 0.302 e. The molecule has 0 amide bonds. The van der Waals surface area contributed by atoms with Crippen molar-refractivity contribution in [2.75, 3.05) is 0 Å². The summed E-state index contributed by atoms with van der Waals surface area (Å²) in [5.41, 5.74) is 1.83. The highest BCUT2D eigenvalue weighted by Gasteiger charge is 2.30. The Bertz CT molecular complexity index is 587. The molecule has 0 aliphatic heterocycles. The quantitative estimate of drug-likeness (QED) is 0.782. The Balaban J connectivity index is 2.53. The average molecular weight is 272 g/mol. The molecule has 0 saturated heterocycles. The smallest absolute Gasteiger partial charge is 0.302 e. The van der Waals surface area contributed by atoms with E-state index in [-0.39, 0.29) is 5.82 Å². The van der Waals surface area contributed by atoms with Gasteiger partial charge in [0.2, 0.25) is 0 Å². The number of halogens is 3. The van der Waals surface area contributed by atoms with E-state index in [4.69, 9.17) is 11.6 Å². The van der Waals surface area contributed by atoms with Gasteiger partial charge < -0.3 is 4.57 Å². The third kappa shape index (κ3) is 2.36. The summed E-state index contributed by atoms with van der Waals surface area (Å²) in [7, 11) is 1.54. The van der Waals surface area contributed by atoms with Crippen LogP contribution in [0.4, 0.5) is 8.78 Å². The maximum atomic E-state index is 13.3. The van der Waals surface area contributed by atoms with Crippen LogP contribution in [0, 0.1) is 6.92 Å². The van der Waals surface area contributed by atoms with Crippen molar-refractivity contribution in [3.63, 3.8) is 0 Å². The van der Waals surface area contributed by atoms with Crippen LogP contribution in [0.3, 0.4) is 0 Å². The number of imidazole rings is 1. The second-order valence-corrected chi connectivity index (χ2v) is 4.60. The van der Waals surface area contributed by atoms with Gasteiger partial charge >= 0.3 is 5.92 Å². The van der Waals surface area contributed by atoms with Crippen molar-refractivity contribution in [1.82, 2.24) is 14.5 Å². The Morgan fingerprint density at radius 3 is 2.44 bits per heavy atom. The van der Waals surface area contributed by atoms with Gasteiger partial charge in [-0.1, -0.05) is 11.6 Å². The molecule has 0 bridgehead atoms. The lowest BCUT2D eigenvalue weighted by Crippen LogP contribution is -2.13. The molecule has 2 aromatic heterocycles. The Morgan fingerprint density at radius 1 is 1.28 bits per heavy atom. The Morgan fingerprint density at radius 2 is 1.94 bits per heavy atom. The highest BCUT2D eigenvalue weighted by atomic mass is 35.5. The number of hydrogen-bond donors (Lipinski definition) is 0. The molecule has 0 aliphatic carbocycles. The van der Waals surface area contributed by atoms with E-state index in [0.29, 0.717) is 22.1 Å². The molecule has 0 fully saturated rings. The highest BCUT2D eigenvalue weighted by molar-refractivity contribution is 6.29. The summed E-state index contributed by atoms with van der Waals surface area (Å²) in [6, 6.07) is 3.34. The van der Waals surface area contributed by atoms with Gasteiger partial charge in [-0.25, -0.2) is 9.97 Å². The zero-order valence-electron chi connectivity index (χ0n) is 10.2. The molecule has 0 spiro atoms. The minimum Gasteiger partial charge on any atom is -0.332 e. The van der Waals surface area contributed by atoms with E-state index < -0.39 is 5.92 Å². The number of nitrogens with zero attached hydrogens (tertiary/aromatic N) is 3. The van der Waals surface area contributed by atoms with E-state index in [9.17, 15) is 8.78 Å². The molecule has 2 aromatic rings. The van der Waals surface area contributed by atoms with Crippen LogP contribution >= 0.6 is 11.6 Å². The molecule has 18 heavy (non-hydrogen) atoms. The van der Waals surface area contributed by atoms with Crippen LogP contribution in [0.5, 0.6) is 0 Å². The number of alkyl halides is 2. The van der Waals surface area contributed by atoms with Crippen LogP contribution < -0.4 is 0 Å². The standard InChI is InChI=1S/C12H12ClF2N3/c1-7-8(4-5-10(13)16-7)9-6-18(3)11(17-9)12(2,14)15/h4-6H,1-3H3. The second-order valence-electron chi connectivity index (χ2n) is 4.22. The lowest BCUT2D eigenvalue weighted by Gasteiger charge is -2.08. The molecule has 0 unspecified atom stereocenters. The fraction of sp³-hybridized carbons (Fsp3) is 0.333. The molecule has 0 aliphatic rings. The fourth-order valence-corrected chi connectivity index (χ4v) is 1.99. The van der Waals surface area contributed by atoms with E-state index in [1.54, 1.807) is 32.3 Å². The van der Waals surface area contributed by atoms with E-state index in [1.165, 1.54) is 4.57 Å². The summed E-state index contributed by atoms with van der Waals surface area (Å²) in [5.74, 6) is -3.24. The summed E-state index contributed by atoms with van der Waals surface area (Å²) in [4.78, 5) is 8.05. The first kappa shape index (κ1) is 13.0. The lowest BCUT2D eigenvalue weighted by molar-refractivity contribution is 0.00509. The van der Waals surface area contributed by atoms with Crippen LogP contribution in [-0.4, -0.2) is 14.5 Å². The third-order valence-corrected chi connectivity index (χ3v) is 2.81. The fourth-order valence-electron chi connectivity index (χ4n) is 1.81. The van der Waals surface area contributed by atoms with Gasteiger partial charge in [-0.15, -0.1) is 0 Å². The van der Waals surface area contributed by atoms with E-state index in [0.717, 1.165) is 6.92 Å².